The maximum Gasteiger partial charge on any atom is 0.137 e. The predicted molar refractivity (Wildman–Crippen MR) is 122 cm³/mol. The Morgan fingerprint density at radius 1 is 0.867 bits per heavy atom. The number of hydrogen-bond acceptors (Lipinski definition) is 6. The molecule has 0 radical (unpaired) electrons. The summed E-state index contributed by atoms with van der Waals surface area (Å²) < 4.78 is 24.6. The van der Waals surface area contributed by atoms with Gasteiger partial charge in [0.25, 0.3) is 0 Å². The molecule has 5 atom stereocenters. The average Bonchev–Trinajstić information content (AvgIpc) is 2.76. The van der Waals surface area contributed by atoms with E-state index in [1.54, 1.807) is 11.8 Å². The van der Waals surface area contributed by atoms with Crippen molar-refractivity contribution in [2.45, 2.75) is 94.0 Å². The van der Waals surface area contributed by atoms with E-state index < -0.39 is 18.3 Å². The van der Waals surface area contributed by atoms with Crippen molar-refractivity contribution in [1.82, 2.24) is 0 Å². The molecule has 1 aromatic carbocycles. The number of benzene rings is 1. The molecule has 1 aliphatic heterocycles. The molecule has 0 aliphatic carbocycles. The molecule has 1 fully saturated rings. The van der Waals surface area contributed by atoms with Gasteiger partial charge in [0.15, 0.2) is 0 Å². The van der Waals surface area contributed by atoms with Crippen molar-refractivity contribution in [3.05, 3.63) is 30.3 Å². The molecule has 1 heterocycles. The van der Waals surface area contributed by atoms with Crippen molar-refractivity contribution in [2.75, 3.05) is 26.4 Å². The molecule has 5 unspecified atom stereocenters. The van der Waals surface area contributed by atoms with Crippen LogP contribution in [-0.4, -0.2) is 61.4 Å². The van der Waals surface area contributed by atoms with Gasteiger partial charge in [0.2, 0.25) is 0 Å². The highest BCUT2D eigenvalue weighted by atomic mass is 32.2. The van der Waals surface area contributed by atoms with E-state index in [0.717, 1.165) is 43.4 Å². The lowest BCUT2D eigenvalue weighted by molar-refractivity contribution is -0.235. The maximum atomic E-state index is 11.1. The summed E-state index contributed by atoms with van der Waals surface area (Å²) in [6, 6.07) is 10.2. The molecule has 1 saturated heterocycles. The van der Waals surface area contributed by atoms with Crippen LogP contribution in [0.1, 0.15) is 59.3 Å². The van der Waals surface area contributed by atoms with Gasteiger partial charge < -0.3 is 24.1 Å². The second kappa shape index (κ2) is 15.2. The van der Waals surface area contributed by atoms with Gasteiger partial charge in [-0.15, -0.1) is 0 Å². The van der Waals surface area contributed by atoms with Crippen molar-refractivity contribution in [2.24, 2.45) is 0 Å². The van der Waals surface area contributed by atoms with Gasteiger partial charge >= 0.3 is 0 Å². The predicted octanol–water partition coefficient (Wildman–Crippen LogP) is 5.05. The zero-order valence-electron chi connectivity index (χ0n) is 18.8. The Balaban J connectivity index is 2.15. The minimum Gasteiger partial charge on any atom is -0.387 e. The summed E-state index contributed by atoms with van der Waals surface area (Å²) in [5.41, 5.74) is -0.265. The van der Waals surface area contributed by atoms with Crippen LogP contribution in [0.5, 0.6) is 0 Å². The molecule has 0 saturated carbocycles. The summed E-state index contributed by atoms with van der Waals surface area (Å²) in [6.45, 7) is 8.70. The van der Waals surface area contributed by atoms with Crippen molar-refractivity contribution >= 4 is 11.8 Å². The summed E-state index contributed by atoms with van der Waals surface area (Å²) in [4.78, 5) is 1.11. The van der Waals surface area contributed by atoms with E-state index in [9.17, 15) is 5.11 Å². The van der Waals surface area contributed by atoms with E-state index in [0.29, 0.717) is 26.4 Å². The Hall–Kier alpha value is -0.630. The van der Waals surface area contributed by atoms with Crippen molar-refractivity contribution in [1.29, 1.82) is 0 Å². The summed E-state index contributed by atoms with van der Waals surface area (Å²) in [7, 11) is 0. The lowest BCUT2D eigenvalue weighted by Gasteiger charge is -2.44. The van der Waals surface area contributed by atoms with Gasteiger partial charge in [-0.2, -0.15) is 0 Å². The number of hydrogen-bond donors (Lipinski definition) is 1. The molecule has 2 rings (SSSR count). The number of unbranched alkanes of at least 4 members (excludes halogenated alkanes) is 3. The number of aliphatic hydroxyl groups is 1. The SMILES string of the molecule is CCCCOCC1OC(Sc2ccccc2)C(OCCCC)C(OCCCC)C1O. The Morgan fingerprint density at radius 3 is 2.10 bits per heavy atom. The van der Waals surface area contributed by atoms with E-state index in [4.69, 9.17) is 18.9 Å². The third-order valence-corrected chi connectivity index (χ3v) is 6.31. The number of aliphatic hydroxyl groups excluding tert-OH is 1. The van der Waals surface area contributed by atoms with Crippen LogP contribution in [0.2, 0.25) is 0 Å². The molecule has 5 nitrogen and oxygen atoms in total. The third kappa shape index (κ3) is 8.48. The largest absolute Gasteiger partial charge is 0.387 e. The fourth-order valence-corrected chi connectivity index (χ4v) is 4.45. The third-order valence-electron chi connectivity index (χ3n) is 5.15. The van der Waals surface area contributed by atoms with Gasteiger partial charge in [-0.05, 0) is 31.4 Å². The Labute approximate surface area is 186 Å². The molecule has 1 aliphatic rings. The number of rotatable bonds is 15. The van der Waals surface area contributed by atoms with E-state index in [1.165, 1.54) is 0 Å². The molecular weight excluding hydrogens is 400 g/mol. The van der Waals surface area contributed by atoms with Crippen LogP contribution in [0.25, 0.3) is 0 Å². The van der Waals surface area contributed by atoms with Crippen LogP contribution in [0.15, 0.2) is 35.2 Å². The van der Waals surface area contributed by atoms with E-state index in [-0.39, 0.29) is 11.5 Å². The zero-order chi connectivity index (χ0) is 21.6. The van der Waals surface area contributed by atoms with Gasteiger partial charge in [-0.1, -0.05) is 70.0 Å². The monoisotopic (exact) mass is 440 g/mol. The molecular formula is C24H40O5S. The van der Waals surface area contributed by atoms with Crippen molar-refractivity contribution < 1.29 is 24.1 Å². The molecule has 0 amide bonds. The van der Waals surface area contributed by atoms with Crippen LogP contribution in [0, 0.1) is 0 Å². The smallest absolute Gasteiger partial charge is 0.137 e. The maximum absolute atomic E-state index is 11.1. The fraction of sp³-hybridized carbons (Fsp3) is 0.750. The molecule has 30 heavy (non-hydrogen) atoms. The quantitative estimate of drug-likeness (QED) is 0.385. The van der Waals surface area contributed by atoms with E-state index in [1.807, 2.05) is 18.2 Å². The fourth-order valence-electron chi connectivity index (χ4n) is 3.30. The van der Waals surface area contributed by atoms with Crippen LogP contribution < -0.4 is 0 Å². The van der Waals surface area contributed by atoms with Gasteiger partial charge in [-0.3, -0.25) is 0 Å². The highest BCUT2D eigenvalue weighted by Gasteiger charge is 2.47. The number of thioether (sulfide) groups is 1. The Bertz CT molecular complexity index is 544. The van der Waals surface area contributed by atoms with Crippen LogP contribution in [0.4, 0.5) is 0 Å². The molecule has 0 spiro atoms. The lowest BCUT2D eigenvalue weighted by Crippen LogP contribution is -2.59. The highest BCUT2D eigenvalue weighted by molar-refractivity contribution is 7.99. The zero-order valence-corrected chi connectivity index (χ0v) is 19.6. The summed E-state index contributed by atoms with van der Waals surface area (Å²) in [6.07, 6.45) is 4.16. The summed E-state index contributed by atoms with van der Waals surface area (Å²) in [5, 5.41) is 11.1. The van der Waals surface area contributed by atoms with E-state index in [2.05, 4.69) is 32.9 Å². The minimum absolute atomic E-state index is 0.265. The lowest BCUT2D eigenvalue weighted by atomic mass is 9.99. The Kier molecular flexibility index (Phi) is 13.0. The molecule has 1 N–H and O–H groups in total. The normalized spacial score (nSPS) is 26.7. The topological polar surface area (TPSA) is 57.2 Å². The molecule has 0 bridgehead atoms. The first-order valence-corrected chi connectivity index (χ1v) is 12.4. The highest BCUT2D eigenvalue weighted by Crippen LogP contribution is 2.36. The van der Waals surface area contributed by atoms with Crippen LogP contribution >= 0.6 is 11.8 Å². The van der Waals surface area contributed by atoms with Gasteiger partial charge in [0.1, 0.15) is 29.9 Å². The molecule has 0 aromatic heterocycles. The Morgan fingerprint density at radius 2 is 1.47 bits per heavy atom. The van der Waals surface area contributed by atoms with Crippen molar-refractivity contribution in [3.63, 3.8) is 0 Å². The first kappa shape index (κ1) is 25.6. The van der Waals surface area contributed by atoms with Gasteiger partial charge in [0, 0.05) is 24.7 Å². The molecule has 1 aromatic rings. The summed E-state index contributed by atoms with van der Waals surface area (Å²) >= 11 is 1.63. The van der Waals surface area contributed by atoms with Crippen molar-refractivity contribution in [3.8, 4) is 0 Å². The second-order valence-corrected chi connectivity index (χ2v) is 8.94. The average molecular weight is 441 g/mol. The van der Waals surface area contributed by atoms with Crippen LogP contribution in [-0.2, 0) is 18.9 Å². The van der Waals surface area contributed by atoms with Gasteiger partial charge in [0.05, 0.1) is 6.61 Å². The van der Waals surface area contributed by atoms with Gasteiger partial charge in [-0.25, -0.2) is 0 Å². The molecule has 6 heteroatoms. The first-order valence-electron chi connectivity index (χ1n) is 11.6. The minimum atomic E-state index is -0.775. The molecule has 172 valence electrons. The van der Waals surface area contributed by atoms with Crippen LogP contribution in [0.3, 0.4) is 0 Å². The first-order chi connectivity index (χ1) is 14.7. The van der Waals surface area contributed by atoms with E-state index >= 15 is 0 Å². The second-order valence-electron chi connectivity index (χ2n) is 7.77. The summed E-state index contributed by atoms with van der Waals surface area (Å²) in [5.74, 6) is 0. The standard InChI is InChI=1S/C24H40O5S/c1-4-7-15-26-18-20-21(25)22(27-16-8-5-2)23(28-17-9-6-3)24(29-20)30-19-13-11-10-12-14-19/h10-14,20-25H,4-9,15-18H2,1-3H3. The number of ether oxygens (including phenoxy) is 4.